The van der Waals surface area contributed by atoms with E-state index in [9.17, 15) is 9.59 Å². The molecule has 0 saturated carbocycles. The van der Waals surface area contributed by atoms with Gasteiger partial charge in [-0.2, -0.15) is 0 Å². The van der Waals surface area contributed by atoms with Crippen molar-refractivity contribution >= 4 is 17.6 Å². The van der Waals surface area contributed by atoms with Crippen LogP contribution in [0, 0.1) is 12.8 Å². The van der Waals surface area contributed by atoms with Crippen molar-refractivity contribution in [1.82, 2.24) is 15.5 Å². The fourth-order valence-electron chi connectivity index (χ4n) is 3.60. The van der Waals surface area contributed by atoms with Gasteiger partial charge in [-0.05, 0) is 37.8 Å². The van der Waals surface area contributed by atoms with Gasteiger partial charge in [-0.15, -0.1) is 0 Å². The molecule has 2 atom stereocenters. The van der Waals surface area contributed by atoms with Gasteiger partial charge in [-0.3, -0.25) is 4.79 Å². The summed E-state index contributed by atoms with van der Waals surface area (Å²) in [6.07, 6.45) is 2.49. The molecular weight excluding hydrogens is 344 g/mol. The van der Waals surface area contributed by atoms with E-state index in [-0.39, 0.29) is 18.0 Å². The van der Waals surface area contributed by atoms with Crippen LogP contribution in [0.2, 0.25) is 0 Å². The number of nitrogens with zero attached hydrogens (tertiary/aromatic N) is 1. The van der Waals surface area contributed by atoms with Gasteiger partial charge in [0.05, 0.1) is 13.2 Å². The molecule has 148 valence electrons. The lowest BCUT2D eigenvalue weighted by molar-refractivity contribution is -0.134. The Bertz CT molecular complexity index is 629. The molecule has 2 saturated heterocycles. The van der Waals surface area contributed by atoms with Gasteiger partial charge in [0, 0.05) is 44.3 Å². The molecule has 2 aliphatic heterocycles. The number of morpholine rings is 1. The molecule has 7 nitrogen and oxygen atoms in total. The molecule has 2 heterocycles. The van der Waals surface area contributed by atoms with Crippen LogP contribution in [0.15, 0.2) is 24.3 Å². The van der Waals surface area contributed by atoms with Crippen molar-refractivity contribution in [2.75, 3.05) is 44.7 Å². The fraction of sp³-hybridized carbons (Fsp3) is 0.600. The van der Waals surface area contributed by atoms with E-state index in [0.29, 0.717) is 38.6 Å². The summed E-state index contributed by atoms with van der Waals surface area (Å²) < 4.78 is 5.42. The minimum Gasteiger partial charge on any atom is -0.378 e. The molecule has 0 aromatic heterocycles. The van der Waals surface area contributed by atoms with Crippen LogP contribution in [0.4, 0.5) is 10.5 Å². The zero-order valence-corrected chi connectivity index (χ0v) is 16.0. The van der Waals surface area contributed by atoms with E-state index in [2.05, 4.69) is 16.0 Å². The number of nitrogens with one attached hydrogen (secondary N) is 3. The van der Waals surface area contributed by atoms with E-state index < -0.39 is 0 Å². The lowest BCUT2D eigenvalue weighted by Gasteiger charge is -2.34. The van der Waals surface area contributed by atoms with Crippen LogP contribution in [-0.4, -0.2) is 62.3 Å². The lowest BCUT2D eigenvalue weighted by Crippen LogP contribution is -2.48. The predicted molar refractivity (Wildman–Crippen MR) is 105 cm³/mol. The predicted octanol–water partition coefficient (Wildman–Crippen LogP) is 1.73. The number of piperidine rings is 1. The minimum absolute atomic E-state index is 0.116. The molecule has 27 heavy (non-hydrogen) atoms. The number of amides is 3. The van der Waals surface area contributed by atoms with Crippen LogP contribution in [-0.2, 0) is 9.53 Å². The maximum absolute atomic E-state index is 12.5. The molecule has 0 aliphatic carbocycles. The van der Waals surface area contributed by atoms with Crippen LogP contribution in [0.25, 0.3) is 0 Å². The highest BCUT2D eigenvalue weighted by molar-refractivity contribution is 5.89. The van der Waals surface area contributed by atoms with Crippen molar-refractivity contribution in [3.63, 3.8) is 0 Å². The summed E-state index contributed by atoms with van der Waals surface area (Å²) in [7, 11) is 0. The molecule has 3 amide bonds. The van der Waals surface area contributed by atoms with Gasteiger partial charge in [-0.25, -0.2) is 4.79 Å². The van der Waals surface area contributed by atoms with E-state index in [1.807, 2.05) is 36.1 Å². The third-order valence-electron chi connectivity index (χ3n) is 5.15. The van der Waals surface area contributed by atoms with Crippen molar-refractivity contribution in [3.8, 4) is 0 Å². The first-order valence-corrected chi connectivity index (χ1v) is 9.80. The van der Waals surface area contributed by atoms with Crippen LogP contribution in [0.1, 0.15) is 24.8 Å². The summed E-state index contributed by atoms with van der Waals surface area (Å²) in [5, 5.41) is 9.11. The van der Waals surface area contributed by atoms with Gasteiger partial charge >= 0.3 is 6.03 Å². The molecule has 0 spiro atoms. The van der Waals surface area contributed by atoms with Crippen molar-refractivity contribution in [2.45, 2.75) is 32.2 Å². The van der Waals surface area contributed by atoms with Crippen molar-refractivity contribution < 1.29 is 14.3 Å². The highest BCUT2D eigenvalue weighted by Gasteiger charge is 2.26. The summed E-state index contributed by atoms with van der Waals surface area (Å²) in [6.45, 7) is 6.22. The topological polar surface area (TPSA) is 82.7 Å². The number of carbonyl (C=O) groups excluding carboxylic acids is 2. The molecule has 3 N–H and O–H groups in total. The molecule has 1 aromatic rings. The van der Waals surface area contributed by atoms with Crippen molar-refractivity contribution in [3.05, 3.63) is 29.8 Å². The van der Waals surface area contributed by atoms with E-state index in [1.165, 1.54) is 0 Å². The van der Waals surface area contributed by atoms with Crippen LogP contribution >= 0.6 is 0 Å². The Morgan fingerprint density at radius 2 is 2.11 bits per heavy atom. The highest BCUT2D eigenvalue weighted by atomic mass is 16.5. The van der Waals surface area contributed by atoms with Gasteiger partial charge in [0.1, 0.15) is 0 Å². The average molecular weight is 374 g/mol. The molecule has 1 aromatic carbocycles. The number of hydrogen-bond acceptors (Lipinski definition) is 4. The Morgan fingerprint density at radius 1 is 1.30 bits per heavy atom. The Labute approximate surface area is 160 Å². The number of hydrogen-bond donors (Lipinski definition) is 3. The molecule has 2 aliphatic rings. The second kappa shape index (κ2) is 9.71. The van der Waals surface area contributed by atoms with Gasteiger partial charge in [0.2, 0.25) is 5.91 Å². The standard InChI is InChI=1S/C20H30N4O3/c1-15-4-6-17(7-5-15)23-20(26)22-12-16-3-2-9-24(13-16)19(25)11-18-14-27-10-8-21-18/h4-7,16,18,21H,2-3,8-14H2,1H3,(H2,22,23,26). The fourth-order valence-corrected chi connectivity index (χ4v) is 3.60. The zero-order chi connectivity index (χ0) is 19.1. The SMILES string of the molecule is Cc1ccc(NC(=O)NCC2CCCN(C(=O)CC3COCCN3)C2)cc1. The van der Waals surface area contributed by atoms with Crippen LogP contribution in [0.5, 0.6) is 0 Å². The molecule has 7 heteroatoms. The Balaban J connectivity index is 1.40. The maximum Gasteiger partial charge on any atom is 0.319 e. The number of carbonyl (C=O) groups is 2. The summed E-state index contributed by atoms with van der Waals surface area (Å²) in [5.74, 6) is 0.467. The van der Waals surface area contributed by atoms with Crippen LogP contribution < -0.4 is 16.0 Å². The number of rotatable bonds is 5. The highest BCUT2D eigenvalue weighted by Crippen LogP contribution is 2.17. The summed E-state index contributed by atoms with van der Waals surface area (Å²) in [4.78, 5) is 26.6. The first kappa shape index (κ1) is 19.6. The number of urea groups is 1. The summed E-state index contributed by atoms with van der Waals surface area (Å²) >= 11 is 0. The first-order chi connectivity index (χ1) is 13.1. The van der Waals surface area contributed by atoms with Crippen LogP contribution in [0.3, 0.4) is 0 Å². The smallest absolute Gasteiger partial charge is 0.319 e. The quantitative estimate of drug-likeness (QED) is 0.733. The van der Waals surface area contributed by atoms with Gasteiger partial charge in [-0.1, -0.05) is 17.7 Å². The third-order valence-corrected chi connectivity index (χ3v) is 5.15. The molecule has 0 bridgehead atoms. The molecule has 3 rings (SSSR count). The Morgan fingerprint density at radius 3 is 2.85 bits per heavy atom. The minimum atomic E-state index is -0.203. The third kappa shape index (κ3) is 6.22. The number of ether oxygens (including phenoxy) is 1. The molecule has 2 fully saturated rings. The van der Waals surface area contributed by atoms with Gasteiger partial charge in [0.15, 0.2) is 0 Å². The van der Waals surface area contributed by atoms with Gasteiger partial charge in [0.25, 0.3) is 0 Å². The maximum atomic E-state index is 12.5. The normalized spacial score (nSPS) is 22.9. The monoisotopic (exact) mass is 374 g/mol. The first-order valence-electron chi connectivity index (χ1n) is 9.80. The van der Waals surface area contributed by atoms with E-state index in [4.69, 9.17) is 4.74 Å². The number of anilines is 1. The summed E-state index contributed by atoms with van der Waals surface area (Å²) in [6, 6.07) is 7.62. The van der Waals surface area contributed by atoms with E-state index in [0.717, 1.165) is 37.2 Å². The number of benzene rings is 1. The summed E-state index contributed by atoms with van der Waals surface area (Å²) in [5.41, 5.74) is 1.93. The molecular formula is C20H30N4O3. The van der Waals surface area contributed by atoms with Gasteiger partial charge < -0.3 is 25.6 Å². The Kier molecular flexibility index (Phi) is 7.06. The van der Waals surface area contributed by atoms with Crippen molar-refractivity contribution in [2.24, 2.45) is 5.92 Å². The number of aryl methyl sites for hydroxylation is 1. The second-order valence-electron chi connectivity index (χ2n) is 7.48. The Hall–Kier alpha value is -2.12. The largest absolute Gasteiger partial charge is 0.378 e. The average Bonchev–Trinajstić information content (AvgIpc) is 2.69. The van der Waals surface area contributed by atoms with Crippen molar-refractivity contribution in [1.29, 1.82) is 0 Å². The lowest BCUT2D eigenvalue weighted by atomic mass is 9.97. The number of likely N-dealkylation sites (tertiary alicyclic amines) is 1. The molecule has 0 radical (unpaired) electrons. The molecule has 2 unspecified atom stereocenters. The van der Waals surface area contributed by atoms with E-state index >= 15 is 0 Å². The zero-order valence-electron chi connectivity index (χ0n) is 16.0. The second-order valence-corrected chi connectivity index (χ2v) is 7.48. The van der Waals surface area contributed by atoms with E-state index in [1.54, 1.807) is 0 Å².